The minimum Gasteiger partial charge on any atom is -0.369 e. The molecule has 2 heterocycles. The zero-order valence-electron chi connectivity index (χ0n) is 9.33. The van der Waals surface area contributed by atoms with Crippen LogP contribution in [0.2, 0.25) is 0 Å². The zero-order chi connectivity index (χ0) is 12.3. The van der Waals surface area contributed by atoms with Crippen molar-refractivity contribution < 1.29 is 4.79 Å². The van der Waals surface area contributed by atoms with Gasteiger partial charge in [0.2, 0.25) is 5.91 Å². The summed E-state index contributed by atoms with van der Waals surface area (Å²) in [5, 5.41) is 16.7. The van der Waals surface area contributed by atoms with Crippen LogP contribution in [0.4, 0.5) is 5.82 Å². The maximum absolute atomic E-state index is 11.2. The van der Waals surface area contributed by atoms with Crippen molar-refractivity contribution in [2.45, 2.75) is 12.8 Å². The summed E-state index contributed by atoms with van der Waals surface area (Å²) in [6.45, 7) is 1.29. The molecule has 0 aliphatic carbocycles. The number of rotatable bonds is 2. The van der Waals surface area contributed by atoms with Gasteiger partial charge in [-0.2, -0.15) is 10.4 Å². The van der Waals surface area contributed by atoms with Crippen molar-refractivity contribution in [1.82, 2.24) is 10.2 Å². The molecule has 0 saturated carbocycles. The van der Waals surface area contributed by atoms with Gasteiger partial charge in [-0.15, -0.1) is 5.10 Å². The lowest BCUT2D eigenvalue weighted by molar-refractivity contribution is -0.122. The van der Waals surface area contributed by atoms with Gasteiger partial charge in [0.25, 0.3) is 0 Å². The fourth-order valence-corrected chi connectivity index (χ4v) is 2.05. The van der Waals surface area contributed by atoms with Gasteiger partial charge in [-0.25, -0.2) is 0 Å². The van der Waals surface area contributed by atoms with Crippen molar-refractivity contribution >= 4 is 11.7 Å². The summed E-state index contributed by atoms with van der Waals surface area (Å²) in [6, 6.07) is 3.70. The molecule has 1 atom stereocenters. The van der Waals surface area contributed by atoms with Crippen LogP contribution in [0.3, 0.4) is 0 Å². The standard InChI is InChI=1S/C11H13N5O/c12-6-8-3-4-14-15-11(8)16-5-1-2-9(7-16)10(13)17/h3-4,9H,1-2,5,7H2,(H2,13,17). The van der Waals surface area contributed by atoms with Crippen LogP contribution in [0, 0.1) is 17.2 Å². The summed E-state index contributed by atoms with van der Waals surface area (Å²) in [5.74, 6) is 0.0790. The van der Waals surface area contributed by atoms with Crippen molar-refractivity contribution in [1.29, 1.82) is 5.26 Å². The number of primary amides is 1. The maximum atomic E-state index is 11.2. The number of hydrogen-bond donors (Lipinski definition) is 1. The molecule has 2 N–H and O–H groups in total. The summed E-state index contributed by atoms with van der Waals surface area (Å²) in [4.78, 5) is 13.1. The van der Waals surface area contributed by atoms with E-state index in [0.29, 0.717) is 17.9 Å². The summed E-state index contributed by atoms with van der Waals surface area (Å²) in [6.07, 6.45) is 3.15. The molecule has 1 aliphatic heterocycles. The van der Waals surface area contributed by atoms with E-state index in [-0.39, 0.29) is 11.8 Å². The smallest absolute Gasteiger partial charge is 0.222 e. The van der Waals surface area contributed by atoms with Crippen molar-refractivity contribution in [2.24, 2.45) is 11.7 Å². The summed E-state index contributed by atoms with van der Waals surface area (Å²) >= 11 is 0. The third-order valence-corrected chi connectivity index (χ3v) is 2.94. The lowest BCUT2D eigenvalue weighted by Crippen LogP contribution is -2.41. The van der Waals surface area contributed by atoms with E-state index in [0.717, 1.165) is 19.4 Å². The molecule has 6 nitrogen and oxygen atoms in total. The molecule has 1 aliphatic rings. The van der Waals surface area contributed by atoms with Crippen LogP contribution in [-0.2, 0) is 4.79 Å². The van der Waals surface area contributed by atoms with Gasteiger partial charge in [0, 0.05) is 13.1 Å². The number of hydrogen-bond acceptors (Lipinski definition) is 5. The Hall–Kier alpha value is -2.16. The maximum Gasteiger partial charge on any atom is 0.222 e. The first kappa shape index (κ1) is 11.3. The Labute approximate surface area is 99.0 Å². The largest absolute Gasteiger partial charge is 0.369 e. The average molecular weight is 231 g/mol. The highest BCUT2D eigenvalue weighted by Gasteiger charge is 2.26. The highest BCUT2D eigenvalue weighted by molar-refractivity contribution is 5.77. The van der Waals surface area contributed by atoms with Crippen LogP contribution in [0.15, 0.2) is 12.3 Å². The van der Waals surface area contributed by atoms with Crippen LogP contribution in [0.1, 0.15) is 18.4 Å². The first-order valence-electron chi connectivity index (χ1n) is 5.48. The molecule has 1 unspecified atom stereocenters. The van der Waals surface area contributed by atoms with E-state index in [2.05, 4.69) is 16.3 Å². The molecule has 0 bridgehead atoms. The quantitative estimate of drug-likeness (QED) is 0.775. The number of nitrogens with zero attached hydrogens (tertiary/aromatic N) is 4. The van der Waals surface area contributed by atoms with Gasteiger partial charge >= 0.3 is 0 Å². The number of carbonyl (C=O) groups is 1. The molecule has 2 rings (SSSR count). The van der Waals surface area contributed by atoms with Crippen molar-refractivity contribution in [3.63, 3.8) is 0 Å². The molecule has 1 aromatic heterocycles. The first-order chi connectivity index (χ1) is 8.22. The number of nitriles is 1. The molecular weight excluding hydrogens is 218 g/mol. The fourth-order valence-electron chi connectivity index (χ4n) is 2.05. The van der Waals surface area contributed by atoms with Gasteiger partial charge in [-0.05, 0) is 18.9 Å². The van der Waals surface area contributed by atoms with Gasteiger partial charge in [0.1, 0.15) is 6.07 Å². The van der Waals surface area contributed by atoms with Crippen LogP contribution < -0.4 is 10.6 Å². The molecule has 1 fully saturated rings. The normalized spacial score (nSPS) is 19.7. The van der Waals surface area contributed by atoms with Crippen LogP contribution in [0.25, 0.3) is 0 Å². The number of carbonyl (C=O) groups excluding carboxylic acids is 1. The Kier molecular flexibility index (Phi) is 3.19. The van der Waals surface area contributed by atoms with Crippen molar-refractivity contribution in [3.05, 3.63) is 17.8 Å². The molecule has 1 saturated heterocycles. The van der Waals surface area contributed by atoms with Crippen molar-refractivity contribution in [3.8, 4) is 6.07 Å². The topological polar surface area (TPSA) is 95.9 Å². The Morgan fingerprint density at radius 2 is 2.47 bits per heavy atom. The SMILES string of the molecule is N#Cc1ccnnc1N1CCCC(C(N)=O)C1. The zero-order valence-corrected chi connectivity index (χ0v) is 9.33. The molecule has 88 valence electrons. The number of aromatic nitrogens is 2. The Balaban J connectivity index is 2.22. The fraction of sp³-hybridized carbons (Fsp3) is 0.455. The molecule has 0 aromatic carbocycles. The van der Waals surface area contributed by atoms with Crippen LogP contribution in [0.5, 0.6) is 0 Å². The first-order valence-corrected chi connectivity index (χ1v) is 5.48. The molecular formula is C11H13N5O. The summed E-state index contributed by atoms with van der Waals surface area (Å²) in [5.41, 5.74) is 5.79. The van der Waals surface area contributed by atoms with Gasteiger partial charge in [0.05, 0.1) is 17.7 Å². The van der Waals surface area contributed by atoms with E-state index in [1.54, 1.807) is 6.07 Å². The molecule has 0 spiro atoms. The second-order valence-corrected chi connectivity index (χ2v) is 4.07. The molecule has 6 heteroatoms. The summed E-state index contributed by atoms with van der Waals surface area (Å²) in [7, 11) is 0. The highest BCUT2D eigenvalue weighted by atomic mass is 16.1. The predicted molar refractivity (Wildman–Crippen MR) is 60.9 cm³/mol. The highest BCUT2D eigenvalue weighted by Crippen LogP contribution is 2.23. The van der Waals surface area contributed by atoms with E-state index < -0.39 is 0 Å². The second kappa shape index (κ2) is 4.78. The second-order valence-electron chi connectivity index (χ2n) is 4.07. The van der Waals surface area contributed by atoms with Crippen LogP contribution in [-0.4, -0.2) is 29.2 Å². The Morgan fingerprint density at radius 3 is 3.18 bits per heavy atom. The minimum absolute atomic E-state index is 0.169. The lowest BCUT2D eigenvalue weighted by atomic mass is 9.97. The average Bonchev–Trinajstić information content (AvgIpc) is 2.39. The molecule has 17 heavy (non-hydrogen) atoms. The van der Waals surface area contributed by atoms with Gasteiger partial charge in [-0.1, -0.05) is 0 Å². The van der Waals surface area contributed by atoms with Gasteiger partial charge < -0.3 is 10.6 Å². The number of nitrogens with two attached hydrogens (primary N) is 1. The third kappa shape index (κ3) is 2.33. The van der Waals surface area contributed by atoms with Crippen LogP contribution >= 0.6 is 0 Å². The predicted octanol–water partition coefficient (Wildman–Crippen LogP) is 0.0500. The number of anilines is 1. The monoisotopic (exact) mass is 231 g/mol. The van der Waals surface area contributed by atoms with Crippen molar-refractivity contribution in [2.75, 3.05) is 18.0 Å². The molecule has 0 radical (unpaired) electrons. The number of piperidine rings is 1. The Morgan fingerprint density at radius 1 is 1.65 bits per heavy atom. The van der Waals surface area contributed by atoms with E-state index >= 15 is 0 Å². The molecule has 1 amide bonds. The van der Waals surface area contributed by atoms with E-state index in [1.165, 1.54) is 6.20 Å². The van der Waals surface area contributed by atoms with E-state index in [1.807, 2.05) is 4.90 Å². The van der Waals surface area contributed by atoms with Gasteiger partial charge in [-0.3, -0.25) is 4.79 Å². The lowest BCUT2D eigenvalue weighted by Gasteiger charge is -2.31. The minimum atomic E-state index is -0.294. The third-order valence-electron chi connectivity index (χ3n) is 2.94. The number of amides is 1. The Bertz CT molecular complexity index is 467. The summed E-state index contributed by atoms with van der Waals surface area (Å²) < 4.78 is 0. The van der Waals surface area contributed by atoms with E-state index in [4.69, 9.17) is 11.0 Å². The van der Waals surface area contributed by atoms with E-state index in [9.17, 15) is 4.79 Å². The van der Waals surface area contributed by atoms with Gasteiger partial charge in [0.15, 0.2) is 5.82 Å². The molecule has 1 aromatic rings.